The van der Waals surface area contributed by atoms with E-state index >= 15 is 0 Å². The fraction of sp³-hybridized carbons (Fsp3) is 0.308. The summed E-state index contributed by atoms with van der Waals surface area (Å²) in [5.74, 6) is -1.16. The summed E-state index contributed by atoms with van der Waals surface area (Å²) in [7, 11) is 0. The molecular weight excluding hydrogens is 241 g/mol. The van der Waals surface area contributed by atoms with Crippen molar-refractivity contribution in [3.63, 3.8) is 0 Å². The number of carbonyl (C=O) groups excluding carboxylic acids is 1. The Hall–Kier alpha value is -0.134. The molecule has 1 aliphatic rings. The number of likely N-dealkylation sites (N-methyl/N-ethyl adjacent to an activating group) is 1. The number of hydrogen-bond donors (Lipinski definition) is 0. The zero-order chi connectivity index (χ0) is 11.5. The van der Waals surface area contributed by atoms with E-state index in [2.05, 4.69) is 17.9 Å². The van der Waals surface area contributed by atoms with Crippen molar-refractivity contribution in [1.82, 2.24) is 0 Å². The molecule has 2 rings (SSSR count). The minimum absolute atomic E-state index is 0. The van der Waals surface area contributed by atoms with Crippen LogP contribution in [0.25, 0.3) is 6.08 Å². The van der Waals surface area contributed by atoms with Crippen LogP contribution < -0.4 is 61.4 Å². The summed E-state index contributed by atoms with van der Waals surface area (Å²) in [5.41, 5.74) is 3.48. The first kappa shape index (κ1) is 14.9. The molecule has 0 amide bonds. The van der Waals surface area contributed by atoms with E-state index in [9.17, 15) is 9.90 Å². The Kier molecular flexibility index (Phi) is 5.89. The zero-order valence-corrected chi connectivity index (χ0v) is 13.4. The first-order valence-corrected chi connectivity index (χ1v) is 5.47. The topological polar surface area (TPSA) is 43.4 Å². The van der Waals surface area contributed by atoms with Gasteiger partial charge in [-0.3, -0.25) is 0 Å². The number of rotatable bonds is 3. The molecule has 0 bridgehead atoms. The summed E-state index contributed by atoms with van der Waals surface area (Å²) >= 11 is 0. The van der Waals surface area contributed by atoms with Gasteiger partial charge in [0, 0.05) is 18.8 Å². The van der Waals surface area contributed by atoms with E-state index in [4.69, 9.17) is 0 Å². The fourth-order valence-electron chi connectivity index (χ4n) is 2.09. The number of anilines is 1. The van der Waals surface area contributed by atoms with Crippen molar-refractivity contribution in [3.8, 4) is 0 Å². The minimum atomic E-state index is -1.16. The number of fused-ring (bicyclic) bond motifs is 1. The van der Waals surface area contributed by atoms with Crippen LogP contribution in [0.5, 0.6) is 0 Å². The Balaban J connectivity index is 0.00000144. The monoisotopic (exact) mass is 255 g/mol. The number of nitrogens with zero attached hydrogens (tertiary/aromatic N) is 1. The Morgan fingerprint density at radius 2 is 2.29 bits per heavy atom. The third-order valence-corrected chi connectivity index (χ3v) is 2.89. The molecule has 0 saturated heterocycles. The molecule has 0 aliphatic carbocycles. The van der Waals surface area contributed by atoms with Crippen LogP contribution in [0.15, 0.2) is 24.3 Å². The van der Waals surface area contributed by atoms with Gasteiger partial charge in [-0.2, -0.15) is 0 Å². The van der Waals surface area contributed by atoms with Gasteiger partial charge < -0.3 is 14.8 Å². The molecule has 84 valence electrons. The van der Waals surface area contributed by atoms with E-state index in [1.165, 1.54) is 11.3 Å². The van der Waals surface area contributed by atoms with E-state index in [-0.39, 0.29) is 51.4 Å². The number of benzene rings is 1. The largest absolute Gasteiger partial charge is 1.00 e. The van der Waals surface area contributed by atoms with Crippen LogP contribution in [0.4, 0.5) is 5.69 Å². The second kappa shape index (κ2) is 6.71. The molecule has 0 aromatic heterocycles. The Bertz CT molecular complexity index is 443. The molecule has 1 aliphatic heterocycles. The van der Waals surface area contributed by atoms with Crippen molar-refractivity contribution in [2.75, 3.05) is 18.0 Å². The van der Waals surface area contributed by atoms with Gasteiger partial charge >= 0.3 is 51.4 Å². The zero-order valence-electron chi connectivity index (χ0n) is 10.3. The van der Waals surface area contributed by atoms with E-state index in [1.54, 1.807) is 6.08 Å². The van der Waals surface area contributed by atoms with Gasteiger partial charge in [0.05, 0.1) is 5.97 Å². The molecule has 17 heavy (non-hydrogen) atoms. The number of carbonyl (C=O) groups is 1. The molecular formula is C13H14KNO2. The van der Waals surface area contributed by atoms with E-state index < -0.39 is 5.97 Å². The molecule has 1 heterocycles. The van der Waals surface area contributed by atoms with Crippen molar-refractivity contribution >= 4 is 17.7 Å². The normalized spacial score (nSPS) is 13.6. The van der Waals surface area contributed by atoms with Gasteiger partial charge in [-0.25, -0.2) is 0 Å². The van der Waals surface area contributed by atoms with Gasteiger partial charge in [0.1, 0.15) is 0 Å². The number of aliphatic carboxylic acids is 1. The third-order valence-electron chi connectivity index (χ3n) is 2.89. The van der Waals surface area contributed by atoms with Crippen LogP contribution in [-0.4, -0.2) is 19.1 Å². The van der Waals surface area contributed by atoms with Crippen molar-refractivity contribution < 1.29 is 61.3 Å². The van der Waals surface area contributed by atoms with Crippen LogP contribution in [0, 0.1) is 0 Å². The first-order valence-electron chi connectivity index (χ1n) is 5.47. The number of carboxylic acid groups (broad SMARTS) is 1. The molecule has 0 radical (unpaired) electrons. The van der Waals surface area contributed by atoms with E-state index in [0.717, 1.165) is 31.1 Å². The number of carboxylic acids is 1. The molecule has 0 fully saturated rings. The third kappa shape index (κ3) is 3.66. The smallest absolute Gasteiger partial charge is 0.545 e. The summed E-state index contributed by atoms with van der Waals surface area (Å²) in [4.78, 5) is 12.6. The van der Waals surface area contributed by atoms with Crippen molar-refractivity contribution in [1.29, 1.82) is 0 Å². The summed E-state index contributed by atoms with van der Waals surface area (Å²) in [6.45, 7) is 4.21. The quantitative estimate of drug-likeness (QED) is 0.456. The molecule has 1 aromatic rings. The van der Waals surface area contributed by atoms with Gasteiger partial charge in [0.15, 0.2) is 0 Å². The molecule has 3 nitrogen and oxygen atoms in total. The molecule has 0 unspecified atom stereocenters. The summed E-state index contributed by atoms with van der Waals surface area (Å²) < 4.78 is 0. The van der Waals surface area contributed by atoms with E-state index in [1.807, 2.05) is 12.1 Å². The average Bonchev–Trinajstić information content (AvgIpc) is 2.68. The van der Waals surface area contributed by atoms with Crippen LogP contribution in [0.2, 0.25) is 0 Å². The standard InChI is InChI=1S/C13H15NO2.K/c1-2-14-8-7-11-9-10(3-5-12(11)14)4-6-13(15)16;/h3-6,9H,2,7-8H2,1H3,(H,15,16);/q;+1/p-1/b6-4-;. The Morgan fingerprint density at radius 1 is 1.53 bits per heavy atom. The molecule has 0 N–H and O–H groups in total. The molecule has 1 aromatic carbocycles. The maximum atomic E-state index is 10.3. The Labute approximate surface area is 144 Å². The minimum Gasteiger partial charge on any atom is -0.545 e. The van der Waals surface area contributed by atoms with Gasteiger partial charge in [0.25, 0.3) is 0 Å². The SMILES string of the molecule is CCN1CCc2cc(/C=C\C(=O)[O-])ccc21.[K+]. The summed E-state index contributed by atoms with van der Waals surface area (Å²) in [5, 5.41) is 10.3. The van der Waals surface area contributed by atoms with Crippen molar-refractivity contribution in [2.24, 2.45) is 0 Å². The van der Waals surface area contributed by atoms with Crippen molar-refractivity contribution in [3.05, 3.63) is 35.4 Å². The molecule has 0 atom stereocenters. The van der Waals surface area contributed by atoms with Gasteiger partial charge in [0.2, 0.25) is 0 Å². The summed E-state index contributed by atoms with van der Waals surface area (Å²) in [6, 6.07) is 6.04. The predicted octanol–water partition coefficient (Wildman–Crippen LogP) is -2.16. The van der Waals surface area contributed by atoms with E-state index in [0.29, 0.717) is 0 Å². The molecule has 0 spiro atoms. The fourth-order valence-corrected chi connectivity index (χ4v) is 2.09. The predicted molar refractivity (Wildman–Crippen MR) is 62.1 cm³/mol. The van der Waals surface area contributed by atoms with Crippen LogP contribution in [-0.2, 0) is 11.2 Å². The van der Waals surface area contributed by atoms with Gasteiger partial charge in [-0.15, -0.1) is 0 Å². The van der Waals surface area contributed by atoms with Gasteiger partial charge in [-0.1, -0.05) is 12.1 Å². The van der Waals surface area contributed by atoms with Crippen molar-refractivity contribution in [2.45, 2.75) is 13.3 Å². The van der Waals surface area contributed by atoms with Crippen LogP contribution in [0.1, 0.15) is 18.1 Å². The van der Waals surface area contributed by atoms with Gasteiger partial charge in [-0.05, 0) is 42.7 Å². The number of hydrogen-bond acceptors (Lipinski definition) is 3. The molecule has 4 heteroatoms. The Morgan fingerprint density at radius 3 is 2.94 bits per heavy atom. The second-order valence-corrected chi connectivity index (χ2v) is 3.87. The first-order chi connectivity index (χ1) is 7.70. The summed E-state index contributed by atoms with van der Waals surface area (Å²) in [6.07, 6.45) is 3.68. The molecule has 0 saturated carbocycles. The van der Waals surface area contributed by atoms with Crippen LogP contribution in [0.3, 0.4) is 0 Å². The van der Waals surface area contributed by atoms with Crippen LogP contribution >= 0.6 is 0 Å². The maximum absolute atomic E-state index is 10.3. The average molecular weight is 255 g/mol. The second-order valence-electron chi connectivity index (χ2n) is 3.87. The maximum Gasteiger partial charge on any atom is 1.00 e.